The zero-order valence-corrected chi connectivity index (χ0v) is 29.4. The van der Waals surface area contributed by atoms with E-state index in [1.807, 2.05) is 18.7 Å². The fraction of sp³-hybridized carbons (Fsp3) is 0.947. The van der Waals surface area contributed by atoms with Gasteiger partial charge in [-0.15, -0.1) is 0 Å². The summed E-state index contributed by atoms with van der Waals surface area (Å²) < 4.78 is 18.5. The zero-order chi connectivity index (χ0) is 32.3. The maximum Gasteiger partial charge on any atom is 0.329 e. The van der Waals surface area contributed by atoms with Crippen molar-refractivity contribution in [3.8, 4) is 0 Å². The molecule has 0 aliphatic carbocycles. The molecule has 0 aromatic carbocycles. The van der Waals surface area contributed by atoms with E-state index in [0.29, 0.717) is 13.0 Å². The van der Waals surface area contributed by atoms with Crippen molar-refractivity contribution in [3.63, 3.8) is 0 Å². The van der Waals surface area contributed by atoms with Gasteiger partial charge in [0.2, 0.25) is 5.91 Å². The number of aliphatic hydroxyl groups excluding tert-OH is 1. The molecule has 0 aromatic heterocycles. The summed E-state index contributed by atoms with van der Waals surface area (Å²) in [5.41, 5.74) is 0. The van der Waals surface area contributed by atoms with Crippen molar-refractivity contribution in [1.82, 2.24) is 4.90 Å². The molecule has 0 saturated carbocycles. The molecular formula is C38H69NO6. The van der Waals surface area contributed by atoms with Gasteiger partial charge in [-0.1, -0.05) is 116 Å². The molecule has 45 heavy (non-hydrogen) atoms. The lowest BCUT2D eigenvalue weighted by Crippen LogP contribution is -2.42. The van der Waals surface area contributed by atoms with Gasteiger partial charge in [0.1, 0.15) is 18.2 Å². The number of fused-ring (bicyclic) bond motifs is 2. The van der Waals surface area contributed by atoms with Gasteiger partial charge in [0.05, 0.1) is 12.2 Å². The maximum absolute atomic E-state index is 13.2. The number of ether oxygens (including phenoxy) is 3. The molecule has 0 unspecified atom stereocenters. The maximum atomic E-state index is 13.2. The quantitative estimate of drug-likeness (QED) is 0.311. The molecule has 262 valence electrons. The van der Waals surface area contributed by atoms with Crippen LogP contribution in [0.3, 0.4) is 0 Å². The summed E-state index contributed by atoms with van der Waals surface area (Å²) in [6.45, 7) is 6.81. The van der Waals surface area contributed by atoms with E-state index >= 15 is 0 Å². The molecule has 5 atom stereocenters. The number of carbonyl (C=O) groups is 2. The average molecular weight is 636 g/mol. The monoisotopic (exact) mass is 636 g/mol. The third kappa shape index (κ3) is 14.6. The van der Waals surface area contributed by atoms with Crippen LogP contribution in [-0.2, 0) is 23.8 Å². The number of unbranched alkanes of at least 4 members (excludes halogenated alkanes) is 1. The number of rotatable bonds is 3. The van der Waals surface area contributed by atoms with Gasteiger partial charge in [0, 0.05) is 13.0 Å². The topological polar surface area (TPSA) is 85.3 Å². The number of hydrogen-bond acceptors (Lipinski definition) is 6. The third-order valence-corrected chi connectivity index (χ3v) is 10.3. The fourth-order valence-electron chi connectivity index (χ4n) is 7.61. The van der Waals surface area contributed by atoms with Gasteiger partial charge in [0.15, 0.2) is 5.79 Å². The molecule has 7 heteroatoms. The summed E-state index contributed by atoms with van der Waals surface area (Å²) in [6.07, 6.45) is 26.9. The average Bonchev–Trinajstić information content (AvgIpc) is 3.63. The van der Waals surface area contributed by atoms with Crippen LogP contribution in [0.4, 0.5) is 0 Å². The molecule has 3 fully saturated rings. The molecule has 7 nitrogen and oxygen atoms in total. The highest BCUT2D eigenvalue weighted by molar-refractivity contribution is 5.85. The molecule has 0 radical (unpaired) electrons. The van der Waals surface area contributed by atoms with Crippen LogP contribution in [0.15, 0.2) is 0 Å². The first-order chi connectivity index (χ1) is 21.8. The molecule has 3 aliphatic heterocycles. The third-order valence-electron chi connectivity index (χ3n) is 10.3. The minimum Gasteiger partial charge on any atom is -0.461 e. The second kappa shape index (κ2) is 21.6. The van der Waals surface area contributed by atoms with Crippen LogP contribution in [0.2, 0.25) is 0 Å². The van der Waals surface area contributed by atoms with Gasteiger partial charge in [0.25, 0.3) is 0 Å². The predicted molar refractivity (Wildman–Crippen MR) is 181 cm³/mol. The van der Waals surface area contributed by atoms with Gasteiger partial charge in [-0.25, -0.2) is 4.79 Å². The van der Waals surface area contributed by atoms with Crippen LogP contribution >= 0.6 is 0 Å². The molecule has 3 aliphatic rings. The van der Waals surface area contributed by atoms with Crippen LogP contribution < -0.4 is 0 Å². The molecule has 1 N–H and O–H groups in total. The van der Waals surface area contributed by atoms with Crippen molar-refractivity contribution in [3.05, 3.63) is 0 Å². The van der Waals surface area contributed by atoms with Crippen molar-refractivity contribution in [2.45, 2.75) is 224 Å². The highest BCUT2D eigenvalue weighted by Gasteiger charge is 2.44. The number of carbonyl (C=O) groups excluding carboxylic acids is 2. The van der Waals surface area contributed by atoms with Crippen LogP contribution in [0.1, 0.15) is 188 Å². The zero-order valence-electron chi connectivity index (χ0n) is 29.4. The lowest BCUT2D eigenvalue weighted by atomic mass is 9.97. The van der Waals surface area contributed by atoms with Crippen LogP contribution in [0.25, 0.3) is 0 Å². The SMILES string of the molecule is CCCC[C@H]1CCCCCCCCC[C@H](O)[C@@H]2OC(C)(C)O[C@H]2CCCCCCCCCCCCC(=O)N2CCC[C@H]2C(=O)O1. The predicted octanol–water partition coefficient (Wildman–Crippen LogP) is 9.17. The Bertz CT molecular complexity index is 818. The van der Waals surface area contributed by atoms with Crippen molar-refractivity contribution in [2.75, 3.05) is 6.54 Å². The minimum absolute atomic E-state index is 0.0148. The second-order valence-corrected chi connectivity index (χ2v) is 14.8. The van der Waals surface area contributed by atoms with E-state index in [2.05, 4.69) is 6.92 Å². The number of amides is 1. The first kappa shape index (κ1) is 38.3. The van der Waals surface area contributed by atoms with Crippen molar-refractivity contribution in [1.29, 1.82) is 0 Å². The summed E-state index contributed by atoms with van der Waals surface area (Å²) in [5, 5.41) is 11.0. The number of cyclic esters (lactones) is 1. The summed E-state index contributed by atoms with van der Waals surface area (Å²) in [6, 6.07) is -0.384. The number of aliphatic hydroxyl groups is 1. The Kier molecular flexibility index (Phi) is 18.4. The molecule has 0 bridgehead atoms. The Morgan fingerprint density at radius 2 is 1.27 bits per heavy atom. The van der Waals surface area contributed by atoms with Gasteiger partial charge < -0.3 is 24.2 Å². The van der Waals surface area contributed by atoms with E-state index < -0.39 is 11.9 Å². The Balaban J connectivity index is 1.48. The summed E-state index contributed by atoms with van der Waals surface area (Å²) in [7, 11) is 0. The molecular weight excluding hydrogens is 566 g/mol. The second-order valence-electron chi connectivity index (χ2n) is 14.8. The van der Waals surface area contributed by atoms with Crippen molar-refractivity contribution >= 4 is 11.9 Å². The molecule has 0 aromatic rings. The largest absolute Gasteiger partial charge is 0.461 e. The standard InChI is InChI=1S/C38H69NO6/c1-4-5-24-31-25-19-15-11-10-12-16-20-27-33(40)36-34(44-38(2,3)45-36)28-21-17-13-8-6-7-9-14-18-22-29-35(41)39-30-23-26-32(39)37(42)43-31/h31-34,36,40H,4-30H2,1-3H3/t31-,32-,33-,34-,36-/m0/s1. The molecule has 1 amide bonds. The van der Waals surface area contributed by atoms with Crippen LogP contribution in [-0.4, -0.2) is 64.7 Å². The van der Waals surface area contributed by atoms with Crippen molar-refractivity contribution in [2.24, 2.45) is 0 Å². The highest BCUT2D eigenvalue weighted by Crippen LogP contribution is 2.34. The van der Waals surface area contributed by atoms with E-state index in [4.69, 9.17) is 14.2 Å². The normalized spacial score (nSPS) is 31.9. The molecule has 3 heterocycles. The highest BCUT2D eigenvalue weighted by atomic mass is 16.8. The van der Waals surface area contributed by atoms with E-state index in [0.717, 1.165) is 96.3 Å². The Hall–Kier alpha value is -1.18. The fourth-order valence-corrected chi connectivity index (χ4v) is 7.61. The lowest BCUT2D eigenvalue weighted by Gasteiger charge is -2.26. The van der Waals surface area contributed by atoms with E-state index in [9.17, 15) is 14.7 Å². The number of hydrogen-bond donors (Lipinski definition) is 1. The first-order valence-corrected chi connectivity index (χ1v) is 19.3. The van der Waals surface area contributed by atoms with Crippen molar-refractivity contribution < 1.29 is 28.9 Å². The first-order valence-electron chi connectivity index (χ1n) is 19.3. The smallest absolute Gasteiger partial charge is 0.329 e. The van der Waals surface area contributed by atoms with E-state index in [1.165, 1.54) is 64.2 Å². The minimum atomic E-state index is -0.619. The Labute approximate surface area is 275 Å². The Morgan fingerprint density at radius 3 is 1.89 bits per heavy atom. The van der Waals surface area contributed by atoms with E-state index in [1.54, 1.807) is 0 Å². The van der Waals surface area contributed by atoms with Gasteiger partial charge in [-0.3, -0.25) is 4.79 Å². The van der Waals surface area contributed by atoms with E-state index in [-0.39, 0.29) is 36.2 Å². The Morgan fingerprint density at radius 1 is 0.711 bits per heavy atom. The lowest BCUT2D eigenvalue weighted by molar-refractivity contribution is -0.158. The summed E-state index contributed by atoms with van der Waals surface area (Å²) in [4.78, 5) is 28.1. The molecule has 0 spiro atoms. The molecule has 3 saturated heterocycles. The number of nitrogens with zero attached hydrogens (tertiary/aromatic N) is 1. The van der Waals surface area contributed by atoms with Gasteiger partial charge in [-0.2, -0.15) is 0 Å². The molecule has 3 rings (SSSR count). The van der Waals surface area contributed by atoms with Crippen LogP contribution in [0.5, 0.6) is 0 Å². The van der Waals surface area contributed by atoms with Gasteiger partial charge in [-0.05, 0) is 65.2 Å². The summed E-state index contributed by atoms with van der Waals surface area (Å²) in [5.74, 6) is -0.655. The van der Waals surface area contributed by atoms with Gasteiger partial charge >= 0.3 is 5.97 Å². The van der Waals surface area contributed by atoms with Crippen LogP contribution in [0, 0.1) is 0 Å². The summed E-state index contributed by atoms with van der Waals surface area (Å²) >= 11 is 0. The number of esters is 1.